The zero-order chi connectivity index (χ0) is 16.4. The number of benzene rings is 1. The van der Waals surface area contributed by atoms with E-state index in [4.69, 9.17) is 16.3 Å². The van der Waals surface area contributed by atoms with E-state index >= 15 is 0 Å². The summed E-state index contributed by atoms with van der Waals surface area (Å²) in [5.74, 6) is 0.671. The number of hydrogen-bond donors (Lipinski definition) is 2. The van der Waals surface area contributed by atoms with E-state index in [2.05, 4.69) is 24.1 Å². The molecular weight excluding hydrogens is 312 g/mol. The Balaban J connectivity index is 1.70. The van der Waals surface area contributed by atoms with Crippen molar-refractivity contribution in [1.29, 1.82) is 0 Å². The van der Waals surface area contributed by atoms with Gasteiger partial charge in [0.05, 0.1) is 11.1 Å². The molecule has 0 bridgehead atoms. The highest BCUT2D eigenvalue weighted by atomic mass is 35.5. The minimum atomic E-state index is -0.129. The van der Waals surface area contributed by atoms with Crippen LogP contribution in [-0.2, 0) is 0 Å². The van der Waals surface area contributed by atoms with Crippen molar-refractivity contribution in [3.63, 3.8) is 0 Å². The van der Waals surface area contributed by atoms with Crippen LogP contribution < -0.4 is 15.6 Å². The smallest absolute Gasteiger partial charge is 0.255 e. The Morgan fingerprint density at radius 1 is 1.26 bits per heavy atom. The van der Waals surface area contributed by atoms with E-state index in [1.54, 1.807) is 12.3 Å². The summed E-state index contributed by atoms with van der Waals surface area (Å²) in [6.45, 7) is 4.36. The number of rotatable bonds is 4. The first-order valence-corrected chi connectivity index (χ1v) is 8.64. The van der Waals surface area contributed by atoms with Crippen LogP contribution in [-0.4, -0.2) is 23.2 Å². The van der Waals surface area contributed by atoms with Crippen LogP contribution in [0.3, 0.4) is 0 Å². The number of H-pyrrole nitrogens is 1. The van der Waals surface area contributed by atoms with E-state index in [0.717, 1.165) is 31.1 Å². The molecule has 23 heavy (non-hydrogen) atoms. The molecule has 0 spiro atoms. The number of aromatic amines is 1. The fourth-order valence-electron chi connectivity index (χ4n) is 3.28. The third-order valence-electron chi connectivity index (χ3n) is 4.36. The van der Waals surface area contributed by atoms with Crippen LogP contribution in [0.2, 0.25) is 5.02 Å². The molecule has 2 aromatic rings. The monoisotopic (exact) mass is 334 g/mol. The summed E-state index contributed by atoms with van der Waals surface area (Å²) in [6, 6.07) is 6.53. The van der Waals surface area contributed by atoms with E-state index in [1.807, 2.05) is 12.1 Å². The lowest BCUT2D eigenvalue weighted by Crippen LogP contribution is -2.39. The van der Waals surface area contributed by atoms with Gasteiger partial charge < -0.3 is 15.0 Å². The molecule has 0 atom stereocenters. The van der Waals surface area contributed by atoms with Gasteiger partial charge in [-0.25, -0.2) is 0 Å². The van der Waals surface area contributed by atoms with E-state index in [-0.39, 0.29) is 11.7 Å². The highest BCUT2D eigenvalue weighted by molar-refractivity contribution is 6.32. The summed E-state index contributed by atoms with van der Waals surface area (Å²) >= 11 is 6.30. The number of pyridine rings is 1. The van der Waals surface area contributed by atoms with Gasteiger partial charge in [-0.3, -0.25) is 4.79 Å². The number of nitrogens with one attached hydrogen (secondary N) is 2. The van der Waals surface area contributed by atoms with E-state index in [0.29, 0.717) is 28.2 Å². The van der Waals surface area contributed by atoms with Crippen LogP contribution in [0.4, 0.5) is 0 Å². The summed E-state index contributed by atoms with van der Waals surface area (Å²) in [4.78, 5) is 14.5. The zero-order valence-corrected chi connectivity index (χ0v) is 14.3. The molecule has 2 N–H and O–H groups in total. The number of ether oxygens (including phenoxy) is 1. The van der Waals surface area contributed by atoms with Gasteiger partial charge >= 0.3 is 0 Å². The van der Waals surface area contributed by atoms with Gasteiger partial charge in [0.25, 0.3) is 5.56 Å². The van der Waals surface area contributed by atoms with Crippen molar-refractivity contribution in [2.45, 2.75) is 57.7 Å². The molecular formula is C18H23ClN2O2. The molecule has 1 fully saturated rings. The molecule has 0 amide bonds. The molecule has 0 radical (unpaired) electrons. The maximum absolute atomic E-state index is 11.8. The average Bonchev–Trinajstić information content (AvgIpc) is 2.50. The molecule has 124 valence electrons. The Morgan fingerprint density at radius 3 is 2.70 bits per heavy atom. The van der Waals surface area contributed by atoms with E-state index < -0.39 is 0 Å². The van der Waals surface area contributed by atoms with Gasteiger partial charge in [-0.05, 0) is 49.3 Å². The first-order chi connectivity index (χ1) is 11.0. The average molecular weight is 335 g/mol. The second-order valence-corrected chi connectivity index (χ2v) is 7.00. The van der Waals surface area contributed by atoms with Crippen LogP contribution in [0.5, 0.6) is 5.75 Å². The number of halogens is 1. The SMILES string of the molecule is CC(C)N[C@H]1CC[C@@H](Oc2cc3cc[nH]c(=O)c3cc2Cl)CC1. The summed E-state index contributed by atoms with van der Waals surface area (Å²) in [5, 5.41) is 5.53. The van der Waals surface area contributed by atoms with Gasteiger partial charge in [0, 0.05) is 23.7 Å². The van der Waals surface area contributed by atoms with Crippen molar-refractivity contribution in [2.24, 2.45) is 0 Å². The van der Waals surface area contributed by atoms with Gasteiger partial charge in [-0.15, -0.1) is 0 Å². The quantitative estimate of drug-likeness (QED) is 0.892. The van der Waals surface area contributed by atoms with Crippen molar-refractivity contribution in [2.75, 3.05) is 0 Å². The Morgan fingerprint density at radius 2 is 2.00 bits per heavy atom. The Labute approximate surface area is 141 Å². The topological polar surface area (TPSA) is 54.1 Å². The van der Waals surface area contributed by atoms with E-state index in [9.17, 15) is 4.79 Å². The van der Waals surface area contributed by atoms with Crippen molar-refractivity contribution < 1.29 is 4.74 Å². The summed E-state index contributed by atoms with van der Waals surface area (Å²) in [6.07, 6.45) is 6.12. The summed E-state index contributed by atoms with van der Waals surface area (Å²) in [5.41, 5.74) is -0.129. The maximum Gasteiger partial charge on any atom is 0.255 e. The molecule has 0 aliphatic heterocycles. The number of fused-ring (bicyclic) bond motifs is 1. The van der Waals surface area contributed by atoms with Crippen LogP contribution in [0, 0.1) is 0 Å². The predicted molar refractivity (Wildman–Crippen MR) is 94.5 cm³/mol. The molecule has 1 aliphatic carbocycles. The second-order valence-electron chi connectivity index (χ2n) is 6.59. The van der Waals surface area contributed by atoms with Crippen LogP contribution in [0.1, 0.15) is 39.5 Å². The van der Waals surface area contributed by atoms with Gasteiger partial charge in [0.2, 0.25) is 0 Å². The summed E-state index contributed by atoms with van der Waals surface area (Å²) in [7, 11) is 0. The highest BCUT2D eigenvalue weighted by Crippen LogP contribution is 2.32. The fourth-order valence-corrected chi connectivity index (χ4v) is 3.49. The van der Waals surface area contributed by atoms with Crippen molar-refractivity contribution in [1.82, 2.24) is 10.3 Å². The molecule has 5 heteroatoms. The summed E-state index contributed by atoms with van der Waals surface area (Å²) < 4.78 is 6.12. The standard InChI is InChI=1S/C18H23ClN2O2/c1-11(2)21-13-3-5-14(6-4-13)23-17-9-12-7-8-20-18(22)15(12)10-16(17)19/h7-11,13-14,21H,3-6H2,1-2H3,(H,20,22)/t13-,14+. The molecule has 1 aliphatic rings. The first kappa shape index (κ1) is 16.3. The Hall–Kier alpha value is -1.52. The Bertz CT molecular complexity index is 733. The largest absolute Gasteiger partial charge is 0.489 e. The third kappa shape index (κ3) is 3.88. The van der Waals surface area contributed by atoms with Gasteiger partial charge in [-0.1, -0.05) is 25.4 Å². The molecule has 0 saturated heterocycles. The van der Waals surface area contributed by atoms with Crippen LogP contribution in [0.15, 0.2) is 29.2 Å². The Kier molecular flexibility index (Phi) is 4.93. The van der Waals surface area contributed by atoms with Gasteiger partial charge in [0.1, 0.15) is 5.75 Å². The normalized spacial score (nSPS) is 21.7. The highest BCUT2D eigenvalue weighted by Gasteiger charge is 2.23. The van der Waals surface area contributed by atoms with Crippen LogP contribution >= 0.6 is 11.6 Å². The van der Waals surface area contributed by atoms with Crippen molar-refractivity contribution in [3.05, 3.63) is 39.8 Å². The van der Waals surface area contributed by atoms with Crippen molar-refractivity contribution >= 4 is 22.4 Å². The van der Waals surface area contributed by atoms with Gasteiger partial charge in [0.15, 0.2) is 0 Å². The maximum atomic E-state index is 11.8. The van der Waals surface area contributed by atoms with Gasteiger partial charge in [-0.2, -0.15) is 0 Å². The zero-order valence-electron chi connectivity index (χ0n) is 13.6. The number of hydrogen-bond acceptors (Lipinski definition) is 3. The molecule has 0 unspecified atom stereocenters. The van der Waals surface area contributed by atoms with Crippen LogP contribution in [0.25, 0.3) is 10.8 Å². The molecule has 1 aromatic carbocycles. The minimum Gasteiger partial charge on any atom is -0.489 e. The number of aromatic nitrogens is 1. The second kappa shape index (κ2) is 6.93. The minimum absolute atomic E-state index is 0.129. The molecule has 1 heterocycles. The molecule has 3 rings (SSSR count). The lowest BCUT2D eigenvalue weighted by atomic mass is 9.92. The van der Waals surface area contributed by atoms with E-state index in [1.165, 1.54) is 0 Å². The molecule has 1 saturated carbocycles. The van der Waals surface area contributed by atoms with Crippen molar-refractivity contribution in [3.8, 4) is 5.75 Å². The predicted octanol–water partition coefficient (Wildman–Crippen LogP) is 3.87. The first-order valence-electron chi connectivity index (χ1n) is 8.26. The lowest BCUT2D eigenvalue weighted by Gasteiger charge is -2.31. The lowest BCUT2D eigenvalue weighted by molar-refractivity contribution is 0.138. The third-order valence-corrected chi connectivity index (χ3v) is 4.66. The molecule has 4 nitrogen and oxygen atoms in total. The molecule has 1 aromatic heterocycles. The fraction of sp³-hybridized carbons (Fsp3) is 0.500.